The van der Waals surface area contributed by atoms with Crippen LogP contribution >= 0.6 is 0 Å². The molecule has 0 N–H and O–H groups in total. The molecule has 44 heavy (non-hydrogen) atoms. The van der Waals surface area contributed by atoms with E-state index in [-0.39, 0.29) is 5.57 Å². The van der Waals surface area contributed by atoms with Crippen molar-refractivity contribution in [3.63, 3.8) is 0 Å². The molecule has 0 unspecified atom stereocenters. The van der Waals surface area contributed by atoms with Gasteiger partial charge in [0.15, 0.2) is 0 Å². The first-order valence-corrected chi connectivity index (χ1v) is 14.1. The zero-order valence-corrected chi connectivity index (χ0v) is 24.6. The first kappa shape index (κ1) is 29.4. The zero-order chi connectivity index (χ0) is 30.7. The van der Waals surface area contributed by atoms with Crippen LogP contribution in [0.2, 0.25) is 0 Å². The summed E-state index contributed by atoms with van der Waals surface area (Å²) in [7, 11) is 3.33. The molecule has 0 bridgehead atoms. The van der Waals surface area contributed by atoms with Crippen LogP contribution in [-0.2, 0) is 0 Å². The molecule has 0 radical (unpaired) electrons. The summed E-state index contributed by atoms with van der Waals surface area (Å²) in [5.74, 6) is 1.58. The van der Waals surface area contributed by atoms with Gasteiger partial charge in [0, 0.05) is 5.57 Å². The van der Waals surface area contributed by atoms with Crippen molar-refractivity contribution in [2.45, 2.75) is 0 Å². The zero-order valence-electron chi connectivity index (χ0n) is 24.6. The molecule has 0 aliphatic rings. The molecule has 0 aromatic heterocycles. The van der Waals surface area contributed by atoms with Gasteiger partial charge in [0.05, 0.1) is 14.2 Å². The minimum absolute atomic E-state index is 0.0713. The van der Waals surface area contributed by atoms with Gasteiger partial charge in [-0.2, -0.15) is 10.5 Å². The average Bonchev–Trinajstić information content (AvgIpc) is 3.10. The van der Waals surface area contributed by atoms with Crippen LogP contribution in [0.25, 0.3) is 22.8 Å². The number of nitriles is 2. The van der Waals surface area contributed by atoms with Crippen LogP contribution in [0.3, 0.4) is 0 Å². The molecule has 4 nitrogen and oxygen atoms in total. The van der Waals surface area contributed by atoms with E-state index in [0.29, 0.717) is 5.57 Å². The van der Waals surface area contributed by atoms with E-state index >= 15 is 0 Å². The topological polar surface area (TPSA) is 66.0 Å². The van der Waals surface area contributed by atoms with Crippen molar-refractivity contribution in [2.75, 3.05) is 14.2 Å². The molecule has 0 fully saturated rings. The van der Waals surface area contributed by atoms with Crippen LogP contribution in [-0.4, -0.2) is 14.2 Å². The Balaban J connectivity index is 1.65. The molecule has 0 amide bonds. The molecule has 0 heterocycles. The van der Waals surface area contributed by atoms with Crippen molar-refractivity contribution in [3.05, 3.63) is 178 Å². The highest BCUT2D eigenvalue weighted by Crippen LogP contribution is 2.38. The number of benzene rings is 5. The van der Waals surface area contributed by atoms with Crippen LogP contribution in [0.4, 0.5) is 0 Å². The highest BCUT2D eigenvalue weighted by molar-refractivity contribution is 6.04. The Bertz CT molecular complexity index is 1820. The van der Waals surface area contributed by atoms with E-state index in [4.69, 9.17) is 9.47 Å². The summed E-state index contributed by atoms with van der Waals surface area (Å²) in [5.41, 5.74) is 8.81. The Labute approximate surface area is 258 Å². The SMILES string of the molecule is COc1ccc(C(=C(c2ccccc2)c2ccc(C=CC(=C(C#N)C#N)c3ccccc3)cc2)c2ccc(OC)cc2)cc1. The van der Waals surface area contributed by atoms with Gasteiger partial charge in [0.2, 0.25) is 0 Å². The molecule has 0 saturated heterocycles. The molecule has 0 spiro atoms. The van der Waals surface area contributed by atoms with Crippen molar-refractivity contribution >= 4 is 22.8 Å². The third-order valence-corrected chi connectivity index (χ3v) is 7.29. The second kappa shape index (κ2) is 14.2. The molecule has 0 saturated carbocycles. The number of hydrogen-bond acceptors (Lipinski definition) is 4. The lowest BCUT2D eigenvalue weighted by atomic mass is 9.85. The maximum atomic E-state index is 9.58. The van der Waals surface area contributed by atoms with E-state index in [9.17, 15) is 10.5 Å². The standard InChI is InChI=1S/C40H30N2O2/c1-43-36-22-18-33(19-23-36)40(34-20-24-37(44-2)25-21-34)39(31-11-7-4-8-12-31)32-16-13-29(14-17-32)15-26-38(35(27-41)28-42)30-9-5-3-6-10-30/h3-26H,1-2H3. The fourth-order valence-corrected chi connectivity index (χ4v) is 5.06. The van der Waals surface area contributed by atoms with Crippen LogP contribution in [0, 0.1) is 22.7 Å². The number of nitrogens with zero attached hydrogens (tertiary/aromatic N) is 2. The summed E-state index contributed by atoms with van der Waals surface area (Å²) in [6, 6.07) is 48.5. The van der Waals surface area contributed by atoms with Gasteiger partial charge in [0.25, 0.3) is 0 Å². The number of rotatable bonds is 9. The van der Waals surface area contributed by atoms with Crippen LogP contribution in [0.5, 0.6) is 11.5 Å². The van der Waals surface area contributed by atoms with Crippen molar-refractivity contribution in [1.29, 1.82) is 10.5 Å². The lowest BCUT2D eigenvalue weighted by molar-refractivity contribution is 0.414. The van der Waals surface area contributed by atoms with Gasteiger partial charge in [-0.05, 0) is 68.8 Å². The van der Waals surface area contributed by atoms with E-state index in [1.165, 1.54) is 0 Å². The summed E-state index contributed by atoms with van der Waals surface area (Å²) in [4.78, 5) is 0. The number of allylic oxidation sites excluding steroid dienone is 3. The highest BCUT2D eigenvalue weighted by Gasteiger charge is 2.17. The number of methoxy groups -OCH3 is 2. The summed E-state index contributed by atoms with van der Waals surface area (Å²) in [6.07, 6.45) is 3.76. The van der Waals surface area contributed by atoms with E-state index in [1.807, 2.05) is 97.1 Å². The Morgan fingerprint density at radius 3 is 1.30 bits per heavy atom. The lowest BCUT2D eigenvalue weighted by Gasteiger charge is -2.19. The van der Waals surface area contributed by atoms with Gasteiger partial charge in [-0.25, -0.2) is 0 Å². The van der Waals surface area contributed by atoms with E-state index in [1.54, 1.807) is 14.2 Å². The third-order valence-electron chi connectivity index (χ3n) is 7.29. The monoisotopic (exact) mass is 570 g/mol. The minimum atomic E-state index is 0.0713. The molecule has 0 atom stereocenters. The van der Waals surface area contributed by atoms with Crippen molar-refractivity contribution in [2.24, 2.45) is 0 Å². The normalized spacial score (nSPS) is 10.4. The highest BCUT2D eigenvalue weighted by atomic mass is 16.5. The van der Waals surface area contributed by atoms with Crippen molar-refractivity contribution < 1.29 is 9.47 Å². The maximum absolute atomic E-state index is 9.58. The molecule has 0 aliphatic carbocycles. The molecular weight excluding hydrogens is 540 g/mol. The first-order chi connectivity index (χ1) is 21.6. The second-order valence-corrected chi connectivity index (χ2v) is 9.91. The molecular formula is C40H30N2O2. The fourth-order valence-electron chi connectivity index (χ4n) is 5.06. The first-order valence-electron chi connectivity index (χ1n) is 14.1. The molecule has 5 rings (SSSR count). The van der Waals surface area contributed by atoms with Gasteiger partial charge in [-0.15, -0.1) is 0 Å². The van der Waals surface area contributed by atoms with E-state index in [2.05, 4.69) is 60.7 Å². The number of ether oxygens (including phenoxy) is 2. The quantitative estimate of drug-likeness (QED) is 0.101. The molecule has 5 aromatic carbocycles. The Kier molecular flexibility index (Phi) is 9.48. The lowest BCUT2D eigenvalue weighted by Crippen LogP contribution is -1.98. The van der Waals surface area contributed by atoms with Crippen LogP contribution in [0.1, 0.15) is 33.4 Å². The van der Waals surface area contributed by atoms with Crippen molar-refractivity contribution in [3.8, 4) is 23.6 Å². The Morgan fingerprint density at radius 2 is 0.886 bits per heavy atom. The summed E-state index contributed by atoms with van der Waals surface area (Å²) >= 11 is 0. The average molecular weight is 571 g/mol. The maximum Gasteiger partial charge on any atom is 0.137 e. The van der Waals surface area contributed by atoms with E-state index < -0.39 is 0 Å². The van der Waals surface area contributed by atoms with Crippen molar-refractivity contribution in [1.82, 2.24) is 0 Å². The van der Waals surface area contributed by atoms with Gasteiger partial charge in [0.1, 0.15) is 29.2 Å². The Hall–Kier alpha value is -6.10. The predicted octanol–water partition coefficient (Wildman–Crippen LogP) is 9.23. The largest absolute Gasteiger partial charge is 0.497 e. The molecule has 212 valence electrons. The molecule has 5 aromatic rings. The fraction of sp³-hybridized carbons (Fsp3) is 0.0500. The summed E-state index contributed by atoms with van der Waals surface area (Å²) < 4.78 is 10.9. The summed E-state index contributed by atoms with van der Waals surface area (Å²) in [5, 5.41) is 19.2. The Morgan fingerprint density at radius 1 is 0.500 bits per heavy atom. The molecule has 0 aliphatic heterocycles. The third kappa shape index (κ3) is 6.68. The summed E-state index contributed by atoms with van der Waals surface area (Å²) in [6.45, 7) is 0. The van der Waals surface area contributed by atoms with Crippen LogP contribution < -0.4 is 9.47 Å². The van der Waals surface area contributed by atoms with E-state index in [0.717, 1.165) is 56.0 Å². The van der Waals surface area contributed by atoms with Gasteiger partial charge >= 0.3 is 0 Å². The second-order valence-electron chi connectivity index (χ2n) is 9.91. The van der Waals surface area contributed by atoms with Gasteiger partial charge < -0.3 is 9.47 Å². The van der Waals surface area contributed by atoms with Crippen LogP contribution in [0.15, 0.2) is 145 Å². The number of hydrogen-bond donors (Lipinski definition) is 0. The molecule has 4 heteroatoms. The minimum Gasteiger partial charge on any atom is -0.497 e. The smallest absolute Gasteiger partial charge is 0.137 e. The van der Waals surface area contributed by atoms with Gasteiger partial charge in [-0.3, -0.25) is 0 Å². The predicted molar refractivity (Wildman–Crippen MR) is 178 cm³/mol. The van der Waals surface area contributed by atoms with Gasteiger partial charge in [-0.1, -0.05) is 121 Å².